The van der Waals surface area contributed by atoms with Gasteiger partial charge in [0, 0.05) is 0 Å². The van der Waals surface area contributed by atoms with Crippen LogP contribution in [0.3, 0.4) is 0 Å². The summed E-state index contributed by atoms with van der Waals surface area (Å²) in [5.74, 6) is 0.677. The molecule has 0 heterocycles. The Morgan fingerprint density at radius 3 is 2.20 bits per heavy atom. The Labute approximate surface area is 127 Å². The molecule has 0 saturated carbocycles. The van der Waals surface area contributed by atoms with Crippen LogP contribution < -0.4 is 10.5 Å². The second kappa shape index (κ2) is 9.73. The fraction of sp³-hybridized carbons (Fsp3) is 0.444. The lowest BCUT2D eigenvalue weighted by Crippen LogP contribution is -2.16. The zero-order chi connectivity index (χ0) is 14.8. The monoisotopic (exact) mass is 287 g/mol. The molecule has 20 heavy (non-hydrogen) atoms. The normalized spacial score (nSPS) is 17.4. The second-order valence-corrected chi connectivity index (χ2v) is 7.66. The van der Waals surface area contributed by atoms with Crippen LogP contribution in [-0.4, -0.2) is 22.6 Å². The van der Waals surface area contributed by atoms with E-state index < -0.39 is 0 Å². The van der Waals surface area contributed by atoms with Crippen molar-refractivity contribution in [1.82, 2.24) is 5.32 Å². The van der Waals surface area contributed by atoms with E-state index in [0.29, 0.717) is 5.92 Å². The summed E-state index contributed by atoms with van der Waals surface area (Å²) < 4.78 is 0. The van der Waals surface area contributed by atoms with Crippen LogP contribution in [0.1, 0.15) is 27.7 Å². The summed E-state index contributed by atoms with van der Waals surface area (Å²) in [5.41, 5.74) is 2.26. The maximum atomic E-state index is 3.11. The molecule has 0 bridgehead atoms. The molecule has 0 spiro atoms. The van der Waals surface area contributed by atoms with Crippen molar-refractivity contribution in [1.29, 1.82) is 0 Å². The number of nitrogens with one attached hydrogen (secondary N) is 1. The highest BCUT2D eigenvalue weighted by Gasteiger charge is 2.12. The van der Waals surface area contributed by atoms with Crippen LogP contribution in [0, 0.1) is 5.92 Å². The third-order valence-electron chi connectivity index (χ3n) is 3.42. The highest BCUT2D eigenvalue weighted by Crippen LogP contribution is 2.24. The van der Waals surface area contributed by atoms with Crippen molar-refractivity contribution in [2.24, 2.45) is 5.92 Å². The summed E-state index contributed by atoms with van der Waals surface area (Å²) in [6, 6.07) is 10.9. The molecule has 0 aromatic heterocycles. The lowest BCUT2D eigenvalue weighted by atomic mass is 10.1. The smallest absolute Gasteiger partial charge is 0.0663 e. The maximum absolute atomic E-state index is 3.11. The minimum Gasteiger partial charge on any atom is -0.317 e. The molecular formula is C18H29NSi. The van der Waals surface area contributed by atoms with Crippen LogP contribution in [-0.2, 0) is 0 Å². The van der Waals surface area contributed by atoms with E-state index in [2.05, 4.69) is 81.6 Å². The minimum atomic E-state index is -0.162. The molecule has 1 aliphatic carbocycles. The molecular weight excluding hydrogens is 258 g/mol. The first kappa shape index (κ1) is 16.9. The largest absolute Gasteiger partial charge is 0.317 e. The van der Waals surface area contributed by atoms with Gasteiger partial charge in [-0.15, -0.1) is 0 Å². The van der Waals surface area contributed by atoms with E-state index >= 15 is 0 Å². The van der Waals surface area contributed by atoms with Gasteiger partial charge in [-0.1, -0.05) is 81.4 Å². The molecule has 1 unspecified atom stereocenters. The topological polar surface area (TPSA) is 12.0 Å². The van der Waals surface area contributed by atoms with E-state index in [0.717, 1.165) is 18.6 Å². The molecule has 1 nitrogen and oxygen atoms in total. The number of hydrogen-bond donors (Lipinski definition) is 1. The molecule has 0 fully saturated rings. The van der Waals surface area contributed by atoms with E-state index in [4.69, 9.17) is 0 Å². The van der Waals surface area contributed by atoms with E-state index in [1.54, 1.807) is 5.19 Å². The van der Waals surface area contributed by atoms with E-state index in [1.165, 1.54) is 5.57 Å². The molecule has 2 heteroatoms. The first-order chi connectivity index (χ1) is 9.67. The first-order valence-corrected chi connectivity index (χ1v) is 9.34. The zero-order valence-electron chi connectivity index (χ0n) is 13.4. The van der Waals surface area contributed by atoms with Crippen LogP contribution in [0.2, 0.25) is 5.54 Å². The summed E-state index contributed by atoms with van der Waals surface area (Å²) >= 11 is 0. The highest BCUT2D eigenvalue weighted by atomic mass is 28.2. The van der Waals surface area contributed by atoms with Crippen molar-refractivity contribution >= 4 is 14.7 Å². The van der Waals surface area contributed by atoms with Gasteiger partial charge in [0.05, 0.1) is 9.52 Å². The predicted octanol–water partition coefficient (Wildman–Crippen LogP) is 3.04. The molecule has 0 amide bonds. The fourth-order valence-electron chi connectivity index (χ4n) is 2.24. The van der Waals surface area contributed by atoms with E-state index in [-0.39, 0.29) is 9.52 Å². The second-order valence-electron chi connectivity index (χ2n) is 5.49. The summed E-state index contributed by atoms with van der Waals surface area (Å²) in [7, 11) is -0.162. The van der Waals surface area contributed by atoms with Gasteiger partial charge in [0.2, 0.25) is 0 Å². The summed E-state index contributed by atoms with van der Waals surface area (Å²) in [4.78, 5) is 0. The summed E-state index contributed by atoms with van der Waals surface area (Å²) in [6.45, 7) is 10.9. The van der Waals surface area contributed by atoms with Gasteiger partial charge < -0.3 is 5.32 Å². The number of hydrogen-bond acceptors (Lipinski definition) is 1. The summed E-state index contributed by atoms with van der Waals surface area (Å²) in [5, 5.41) is 4.67. The highest BCUT2D eigenvalue weighted by molar-refractivity contribution is 6.56. The lowest BCUT2D eigenvalue weighted by molar-refractivity contribution is 0.762. The van der Waals surface area contributed by atoms with Crippen LogP contribution in [0.25, 0.3) is 0 Å². The van der Waals surface area contributed by atoms with E-state index in [9.17, 15) is 0 Å². The number of rotatable bonds is 5. The number of benzene rings is 1. The first-order valence-electron chi connectivity index (χ1n) is 7.81. The van der Waals surface area contributed by atoms with Crippen molar-refractivity contribution in [3.05, 3.63) is 54.1 Å². The van der Waals surface area contributed by atoms with Gasteiger partial charge >= 0.3 is 0 Å². The fourth-order valence-corrected chi connectivity index (χ4v) is 3.99. The SMILES string of the molecule is CC(C)C1=CC([SiH2]c2ccccc2)C=C1.CCNCC. The zero-order valence-corrected chi connectivity index (χ0v) is 14.8. The van der Waals surface area contributed by atoms with Crippen LogP contribution >= 0.6 is 0 Å². The Morgan fingerprint density at radius 1 is 1.10 bits per heavy atom. The predicted molar refractivity (Wildman–Crippen MR) is 94.6 cm³/mol. The van der Waals surface area contributed by atoms with Gasteiger partial charge in [-0.05, 0) is 30.1 Å². The molecule has 1 aromatic carbocycles. The molecule has 1 aromatic rings. The minimum absolute atomic E-state index is 0.162. The number of allylic oxidation sites excluding steroid dienone is 4. The molecule has 1 N–H and O–H groups in total. The average Bonchev–Trinajstić information content (AvgIpc) is 2.90. The van der Waals surface area contributed by atoms with Gasteiger partial charge in [0.25, 0.3) is 0 Å². The quantitative estimate of drug-likeness (QED) is 0.821. The van der Waals surface area contributed by atoms with Gasteiger partial charge in [-0.3, -0.25) is 0 Å². The van der Waals surface area contributed by atoms with Crippen molar-refractivity contribution < 1.29 is 0 Å². The Balaban J connectivity index is 0.000000347. The van der Waals surface area contributed by atoms with Crippen molar-refractivity contribution in [2.45, 2.75) is 33.2 Å². The Kier molecular flexibility index (Phi) is 8.24. The molecule has 1 atom stereocenters. The standard InChI is InChI=1S/C14H18Si.C4H11N/c1-11(2)12-8-9-14(10-12)15-13-6-4-3-5-7-13;1-3-5-4-2/h3-11,14H,15H2,1-2H3;5H,3-4H2,1-2H3. The third kappa shape index (κ3) is 6.35. The maximum Gasteiger partial charge on any atom is 0.0663 e. The van der Waals surface area contributed by atoms with Crippen molar-refractivity contribution in [3.8, 4) is 0 Å². The lowest BCUT2D eigenvalue weighted by Gasteiger charge is -2.05. The Hall–Kier alpha value is -1.12. The van der Waals surface area contributed by atoms with Crippen LogP contribution in [0.4, 0.5) is 0 Å². The van der Waals surface area contributed by atoms with Crippen molar-refractivity contribution in [3.63, 3.8) is 0 Å². The van der Waals surface area contributed by atoms with Gasteiger partial charge in [0.1, 0.15) is 0 Å². The van der Waals surface area contributed by atoms with Gasteiger partial charge in [-0.2, -0.15) is 0 Å². The third-order valence-corrected chi connectivity index (χ3v) is 5.35. The molecule has 110 valence electrons. The molecule has 0 radical (unpaired) electrons. The Bertz CT molecular complexity index is 418. The van der Waals surface area contributed by atoms with Crippen LogP contribution in [0.5, 0.6) is 0 Å². The van der Waals surface area contributed by atoms with Crippen molar-refractivity contribution in [2.75, 3.05) is 13.1 Å². The van der Waals surface area contributed by atoms with Gasteiger partial charge in [-0.25, -0.2) is 0 Å². The molecule has 1 aliphatic rings. The average molecular weight is 288 g/mol. The van der Waals surface area contributed by atoms with Gasteiger partial charge in [0.15, 0.2) is 0 Å². The molecule has 0 saturated heterocycles. The van der Waals surface area contributed by atoms with Crippen LogP contribution in [0.15, 0.2) is 54.1 Å². The summed E-state index contributed by atoms with van der Waals surface area (Å²) in [6.07, 6.45) is 7.16. The molecule has 2 rings (SSSR count). The Morgan fingerprint density at radius 2 is 1.75 bits per heavy atom. The van der Waals surface area contributed by atoms with E-state index in [1.807, 2.05) is 0 Å². The molecule has 0 aliphatic heterocycles.